The smallest absolute Gasteiger partial charge is 0.251 e. The van der Waals surface area contributed by atoms with Gasteiger partial charge in [-0.3, -0.25) is 9.59 Å². The fraction of sp³-hybridized carbons (Fsp3) is 0.211. The Morgan fingerprint density at radius 1 is 1.04 bits per heavy atom. The molecule has 5 nitrogen and oxygen atoms in total. The van der Waals surface area contributed by atoms with Crippen molar-refractivity contribution in [3.63, 3.8) is 0 Å². The molecular weight excluding hydrogens is 302 g/mol. The maximum atomic E-state index is 12.2. The van der Waals surface area contributed by atoms with E-state index in [0.29, 0.717) is 17.8 Å². The summed E-state index contributed by atoms with van der Waals surface area (Å²) >= 11 is 0. The van der Waals surface area contributed by atoms with Crippen LogP contribution in [0.4, 0.5) is 5.69 Å². The van der Waals surface area contributed by atoms with Crippen LogP contribution in [0.2, 0.25) is 0 Å². The minimum absolute atomic E-state index is 0.121. The van der Waals surface area contributed by atoms with Crippen LogP contribution in [0, 0.1) is 25.2 Å². The minimum atomic E-state index is -0.340. The molecule has 122 valence electrons. The van der Waals surface area contributed by atoms with Gasteiger partial charge in [0.25, 0.3) is 5.91 Å². The summed E-state index contributed by atoms with van der Waals surface area (Å²) in [6, 6.07) is 14.5. The predicted molar refractivity (Wildman–Crippen MR) is 92.4 cm³/mol. The van der Waals surface area contributed by atoms with Crippen molar-refractivity contribution >= 4 is 17.5 Å². The second-order valence-corrected chi connectivity index (χ2v) is 5.56. The average Bonchev–Trinajstić information content (AvgIpc) is 2.56. The van der Waals surface area contributed by atoms with E-state index in [-0.39, 0.29) is 18.2 Å². The van der Waals surface area contributed by atoms with Crippen LogP contribution in [-0.4, -0.2) is 11.8 Å². The minimum Gasteiger partial charge on any atom is -0.348 e. The highest BCUT2D eigenvalue weighted by molar-refractivity contribution is 5.94. The van der Waals surface area contributed by atoms with Gasteiger partial charge in [0.2, 0.25) is 5.91 Å². The second kappa shape index (κ2) is 7.93. The number of nitrogens with zero attached hydrogens (tertiary/aromatic N) is 1. The summed E-state index contributed by atoms with van der Waals surface area (Å²) in [6.45, 7) is 4.39. The molecule has 5 heteroatoms. The highest BCUT2D eigenvalue weighted by atomic mass is 16.2. The molecule has 2 rings (SSSR count). The lowest BCUT2D eigenvalue weighted by atomic mass is 10.1. The molecule has 0 spiro atoms. The molecule has 0 fully saturated rings. The lowest BCUT2D eigenvalue weighted by molar-refractivity contribution is -0.115. The highest BCUT2D eigenvalue weighted by Gasteiger charge is 2.07. The summed E-state index contributed by atoms with van der Waals surface area (Å²) in [6.07, 6.45) is -0.173. The SMILES string of the molecule is Cc1ccc(C(=O)NCc2ccc(NC(=O)CC#N)cc2)cc1C. The Hall–Kier alpha value is -3.13. The number of amides is 2. The molecule has 2 aromatic rings. The highest BCUT2D eigenvalue weighted by Crippen LogP contribution is 2.12. The molecule has 2 N–H and O–H groups in total. The standard InChI is InChI=1S/C19H19N3O2/c1-13-3-6-16(11-14(13)2)19(24)21-12-15-4-7-17(8-5-15)22-18(23)9-10-20/h3-8,11H,9,12H2,1-2H3,(H,21,24)(H,22,23). The maximum Gasteiger partial charge on any atom is 0.251 e. The third kappa shape index (κ3) is 4.68. The average molecular weight is 321 g/mol. The molecule has 2 aromatic carbocycles. The number of nitrogens with one attached hydrogen (secondary N) is 2. The van der Waals surface area contributed by atoms with Gasteiger partial charge in [-0.15, -0.1) is 0 Å². The summed E-state index contributed by atoms with van der Waals surface area (Å²) in [5.41, 5.74) is 4.42. The van der Waals surface area contributed by atoms with Crippen LogP contribution in [0.1, 0.15) is 33.5 Å². The van der Waals surface area contributed by atoms with E-state index in [9.17, 15) is 9.59 Å². The van der Waals surface area contributed by atoms with E-state index in [1.54, 1.807) is 18.2 Å². The first-order chi connectivity index (χ1) is 11.5. The zero-order chi connectivity index (χ0) is 17.5. The molecule has 0 aliphatic rings. The third-order valence-electron chi connectivity index (χ3n) is 3.70. The molecule has 0 radical (unpaired) electrons. The number of rotatable bonds is 5. The Kier molecular flexibility index (Phi) is 5.69. The Balaban J connectivity index is 1.92. The van der Waals surface area contributed by atoms with Crippen molar-refractivity contribution in [2.24, 2.45) is 0 Å². The van der Waals surface area contributed by atoms with Gasteiger partial charge in [0.15, 0.2) is 0 Å². The first-order valence-corrected chi connectivity index (χ1v) is 7.61. The van der Waals surface area contributed by atoms with E-state index in [2.05, 4.69) is 10.6 Å². The third-order valence-corrected chi connectivity index (χ3v) is 3.70. The zero-order valence-corrected chi connectivity index (χ0v) is 13.7. The van der Waals surface area contributed by atoms with Crippen LogP contribution in [0.25, 0.3) is 0 Å². The largest absolute Gasteiger partial charge is 0.348 e. The lowest BCUT2D eigenvalue weighted by Crippen LogP contribution is -2.22. The van der Waals surface area contributed by atoms with Gasteiger partial charge in [-0.25, -0.2) is 0 Å². The van der Waals surface area contributed by atoms with Gasteiger partial charge >= 0.3 is 0 Å². The molecular formula is C19H19N3O2. The number of aryl methyl sites for hydroxylation is 2. The van der Waals surface area contributed by atoms with E-state index in [4.69, 9.17) is 5.26 Å². The van der Waals surface area contributed by atoms with Crippen molar-refractivity contribution < 1.29 is 9.59 Å². The van der Waals surface area contributed by atoms with Gasteiger partial charge < -0.3 is 10.6 Å². The number of hydrogen-bond acceptors (Lipinski definition) is 3. The fourth-order valence-corrected chi connectivity index (χ4v) is 2.15. The number of nitriles is 1. The van der Waals surface area contributed by atoms with Crippen LogP contribution >= 0.6 is 0 Å². The van der Waals surface area contributed by atoms with Crippen molar-refractivity contribution in [3.05, 3.63) is 64.7 Å². The Morgan fingerprint density at radius 3 is 2.38 bits per heavy atom. The van der Waals surface area contributed by atoms with E-state index in [0.717, 1.165) is 16.7 Å². The van der Waals surface area contributed by atoms with Crippen LogP contribution < -0.4 is 10.6 Å². The van der Waals surface area contributed by atoms with E-state index < -0.39 is 0 Å². The van der Waals surface area contributed by atoms with Gasteiger partial charge in [-0.2, -0.15) is 5.26 Å². The molecule has 0 atom stereocenters. The zero-order valence-electron chi connectivity index (χ0n) is 13.7. The van der Waals surface area contributed by atoms with E-state index in [1.165, 1.54) is 0 Å². The van der Waals surface area contributed by atoms with Crippen molar-refractivity contribution in [3.8, 4) is 6.07 Å². The number of hydrogen-bond donors (Lipinski definition) is 2. The van der Waals surface area contributed by atoms with Crippen molar-refractivity contribution in [2.75, 3.05) is 5.32 Å². The van der Waals surface area contributed by atoms with Gasteiger partial charge in [0.05, 0.1) is 6.07 Å². The summed E-state index contributed by atoms with van der Waals surface area (Å²) < 4.78 is 0. The van der Waals surface area contributed by atoms with Crippen molar-refractivity contribution in [1.29, 1.82) is 5.26 Å². The number of carbonyl (C=O) groups excluding carboxylic acids is 2. The molecule has 0 unspecified atom stereocenters. The fourth-order valence-electron chi connectivity index (χ4n) is 2.15. The predicted octanol–water partition coefficient (Wildman–Crippen LogP) is 3.09. The number of anilines is 1. The molecule has 0 saturated carbocycles. The number of carbonyl (C=O) groups is 2. The second-order valence-electron chi connectivity index (χ2n) is 5.56. The van der Waals surface area contributed by atoms with Crippen LogP contribution in [0.5, 0.6) is 0 Å². The van der Waals surface area contributed by atoms with E-state index >= 15 is 0 Å². The van der Waals surface area contributed by atoms with Crippen molar-refractivity contribution in [2.45, 2.75) is 26.8 Å². The van der Waals surface area contributed by atoms with Gasteiger partial charge in [0, 0.05) is 17.8 Å². The monoisotopic (exact) mass is 321 g/mol. The molecule has 0 saturated heterocycles. The molecule has 2 amide bonds. The molecule has 0 heterocycles. The molecule has 0 aromatic heterocycles. The summed E-state index contributed by atoms with van der Waals surface area (Å²) in [4.78, 5) is 23.5. The molecule has 0 aliphatic carbocycles. The topological polar surface area (TPSA) is 82.0 Å². The number of benzene rings is 2. The van der Waals surface area contributed by atoms with Crippen LogP contribution in [0.15, 0.2) is 42.5 Å². The maximum absolute atomic E-state index is 12.2. The summed E-state index contributed by atoms with van der Waals surface area (Å²) in [7, 11) is 0. The van der Waals surface area contributed by atoms with Gasteiger partial charge in [-0.1, -0.05) is 18.2 Å². The van der Waals surface area contributed by atoms with E-state index in [1.807, 2.05) is 44.2 Å². The molecule has 0 aliphatic heterocycles. The van der Waals surface area contributed by atoms with Gasteiger partial charge in [0.1, 0.15) is 6.42 Å². The van der Waals surface area contributed by atoms with Crippen LogP contribution in [0.3, 0.4) is 0 Å². The summed E-state index contributed by atoms with van der Waals surface area (Å²) in [5.74, 6) is -0.460. The van der Waals surface area contributed by atoms with Gasteiger partial charge in [-0.05, 0) is 54.8 Å². The Bertz CT molecular complexity index is 789. The normalized spacial score (nSPS) is 9.88. The van der Waals surface area contributed by atoms with Crippen molar-refractivity contribution in [1.82, 2.24) is 5.32 Å². The first kappa shape index (κ1) is 17.2. The Labute approximate surface area is 141 Å². The molecule has 24 heavy (non-hydrogen) atoms. The molecule has 0 bridgehead atoms. The Morgan fingerprint density at radius 2 is 1.75 bits per heavy atom. The van der Waals surface area contributed by atoms with Crippen LogP contribution in [-0.2, 0) is 11.3 Å². The summed E-state index contributed by atoms with van der Waals surface area (Å²) in [5, 5.41) is 14.0. The first-order valence-electron chi connectivity index (χ1n) is 7.61. The lowest BCUT2D eigenvalue weighted by Gasteiger charge is -2.08. The quantitative estimate of drug-likeness (QED) is 0.888.